The molecule has 1 N–H and O–H groups in total. The van der Waals surface area contributed by atoms with E-state index in [0.717, 1.165) is 36.9 Å². The lowest BCUT2D eigenvalue weighted by Crippen LogP contribution is -2.33. The van der Waals surface area contributed by atoms with E-state index in [9.17, 15) is 26.3 Å². The number of H-pyrrole nitrogens is 1. The van der Waals surface area contributed by atoms with Gasteiger partial charge in [0, 0.05) is 17.0 Å². The van der Waals surface area contributed by atoms with Gasteiger partial charge in [-0.1, -0.05) is 23.2 Å². The van der Waals surface area contributed by atoms with Gasteiger partial charge >= 0.3 is 12.4 Å². The molecule has 0 radical (unpaired) electrons. The third-order valence-electron chi connectivity index (χ3n) is 6.65. The van der Waals surface area contributed by atoms with Crippen LogP contribution < -0.4 is 0 Å². The molecule has 202 valence electrons. The summed E-state index contributed by atoms with van der Waals surface area (Å²) in [5, 5.41) is 3.92. The Kier molecular flexibility index (Phi) is 6.94. The number of piperidine rings is 1. The second kappa shape index (κ2) is 10.2. The second-order valence-electron chi connectivity index (χ2n) is 9.23. The zero-order valence-corrected chi connectivity index (χ0v) is 20.3. The Hall–Kier alpha value is -4.11. The van der Waals surface area contributed by atoms with Gasteiger partial charge in [0.05, 0.1) is 29.6 Å². The zero-order valence-electron chi connectivity index (χ0n) is 20.3. The van der Waals surface area contributed by atoms with Gasteiger partial charge in [-0.2, -0.15) is 31.3 Å². The molecule has 1 saturated heterocycles. The Morgan fingerprint density at radius 2 is 1.67 bits per heavy atom. The Bertz CT molecular complexity index is 1490. The quantitative estimate of drug-likeness (QED) is 0.228. The molecule has 0 saturated carbocycles. The van der Waals surface area contributed by atoms with Crippen molar-refractivity contribution in [1.29, 1.82) is 0 Å². The number of aromatic nitrogens is 4. The van der Waals surface area contributed by atoms with Crippen LogP contribution in [0.15, 0.2) is 53.2 Å². The van der Waals surface area contributed by atoms with Gasteiger partial charge in [0.25, 0.3) is 5.89 Å². The van der Waals surface area contributed by atoms with E-state index in [1.165, 1.54) is 24.3 Å². The van der Waals surface area contributed by atoms with Crippen molar-refractivity contribution in [2.75, 3.05) is 13.1 Å². The highest BCUT2D eigenvalue weighted by Gasteiger charge is 2.34. The topological polar surface area (TPSA) is 70.8 Å². The number of terminal acetylenes is 1. The molecule has 0 aliphatic carbocycles. The van der Waals surface area contributed by atoms with Crippen molar-refractivity contribution < 1.29 is 30.9 Å². The van der Waals surface area contributed by atoms with E-state index in [-0.39, 0.29) is 22.9 Å². The minimum absolute atomic E-state index is 0.0275. The Morgan fingerprint density at radius 3 is 2.31 bits per heavy atom. The molecule has 4 aromatic rings. The minimum atomic E-state index is -4.61. The van der Waals surface area contributed by atoms with Crippen LogP contribution in [0.1, 0.15) is 47.1 Å². The van der Waals surface area contributed by atoms with Gasteiger partial charge in [0.2, 0.25) is 0 Å². The van der Waals surface area contributed by atoms with Gasteiger partial charge in [-0.25, -0.2) is 4.98 Å². The molecule has 39 heavy (non-hydrogen) atoms. The maximum Gasteiger partial charge on any atom is 0.417 e. The van der Waals surface area contributed by atoms with E-state index in [0.29, 0.717) is 36.7 Å². The van der Waals surface area contributed by atoms with Crippen molar-refractivity contribution in [2.45, 2.75) is 37.7 Å². The van der Waals surface area contributed by atoms with Crippen LogP contribution in [0.4, 0.5) is 26.3 Å². The number of nitrogens with zero attached hydrogens (tertiary/aromatic N) is 4. The highest BCUT2D eigenvalue weighted by molar-refractivity contribution is 5.60. The highest BCUT2D eigenvalue weighted by Crippen LogP contribution is 2.35. The molecular weight excluding hydrogens is 524 g/mol. The molecule has 5 rings (SSSR count). The molecule has 0 atom stereocenters. The lowest BCUT2D eigenvalue weighted by molar-refractivity contribution is -0.138. The van der Waals surface area contributed by atoms with Crippen molar-refractivity contribution in [3.8, 4) is 35.1 Å². The summed E-state index contributed by atoms with van der Waals surface area (Å²) < 4.78 is 83.6. The standard InChI is InChI=1S/C27H21F6N5O/c1-2-16-3-4-19(13-21(16)27(31,32)33)25-36-23(37-39-25)15-38-11-9-18(10-12-38)24-34-14-22(35-24)17-5-7-20(8-6-17)26(28,29)30/h1,3-8,13-14,18H,9-12,15H2,(H,34,35). The van der Waals surface area contributed by atoms with Crippen LogP contribution in [-0.2, 0) is 18.9 Å². The summed E-state index contributed by atoms with van der Waals surface area (Å²) in [5.41, 5.74) is -0.533. The van der Waals surface area contributed by atoms with E-state index in [4.69, 9.17) is 10.9 Å². The summed E-state index contributed by atoms with van der Waals surface area (Å²) in [5.74, 6) is 3.26. The zero-order chi connectivity index (χ0) is 27.8. The molecule has 0 unspecified atom stereocenters. The maximum absolute atomic E-state index is 13.3. The van der Waals surface area contributed by atoms with E-state index < -0.39 is 23.5 Å². The summed E-state index contributed by atoms with van der Waals surface area (Å²) in [6.45, 7) is 1.75. The normalized spacial score (nSPS) is 15.4. The highest BCUT2D eigenvalue weighted by atomic mass is 19.4. The average molecular weight is 545 g/mol. The molecule has 3 heterocycles. The summed E-state index contributed by atoms with van der Waals surface area (Å²) in [6.07, 6.45) is -0.655. The first-order valence-electron chi connectivity index (χ1n) is 12.0. The van der Waals surface area contributed by atoms with Crippen LogP contribution >= 0.6 is 0 Å². The largest absolute Gasteiger partial charge is 0.417 e. The fourth-order valence-electron chi connectivity index (χ4n) is 4.57. The molecule has 12 heteroatoms. The number of nitrogens with one attached hydrogen (secondary N) is 1. The molecule has 0 bridgehead atoms. The third kappa shape index (κ3) is 5.83. The van der Waals surface area contributed by atoms with E-state index >= 15 is 0 Å². The van der Waals surface area contributed by atoms with Crippen LogP contribution in [-0.4, -0.2) is 38.1 Å². The number of likely N-dealkylation sites (tertiary alicyclic amines) is 1. The lowest BCUT2D eigenvalue weighted by Gasteiger charge is -2.30. The molecule has 1 aliphatic rings. The van der Waals surface area contributed by atoms with E-state index in [1.54, 1.807) is 6.20 Å². The molecule has 1 aliphatic heterocycles. The van der Waals surface area contributed by atoms with Crippen molar-refractivity contribution >= 4 is 0 Å². The number of rotatable bonds is 5. The predicted octanol–water partition coefficient (Wildman–Crippen LogP) is 6.53. The summed E-state index contributed by atoms with van der Waals surface area (Å²) >= 11 is 0. The number of halogens is 6. The van der Waals surface area contributed by atoms with Crippen molar-refractivity contribution in [3.63, 3.8) is 0 Å². The van der Waals surface area contributed by atoms with Crippen LogP contribution in [0.5, 0.6) is 0 Å². The first kappa shape index (κ1) is 26.5. The monoisotopic (exact) mass is 545 g/mol. The Balaban J connectivity index is 1.19. The van der Waals surface area contributed by atoms with Crippen molar-refractivity contribution in [3.05, 3.63) is 77.0 Å². The second-order valence-corrected chi connectivity index (χ2v) is 9.23. The third-order valence-corrected chi connectivity index (χ3v) is 6.65. The predicted molar refractivity (Wildman–Crippen MR) is 129 cm³/mol. The molecular formula is C27H21F6N5O. The van der Waals surface area contributed by atoms with Gasteiger partial charge in [0.1, 0.15) is 5.82 Å². The molecule has 0 spiro atoms. The Labute approximate surface area is 219 Å². The van der Waals surface area contributed by atoms with E-state index in [2.05, 4.69) is 25.0 Å². The minimum Gasteiger partial charge on any atom is -0.342 e. The maximum atomic E-state index is 13.3. The average Bonchev–Trinajstić information content (AvgIpc) is 3.58. The first-order chi connectivity index (χ1) is 18.5. The molecule has 2 aromatic carbocycles. The smallest absolute Gasteiger partial charge is 0.342 e. The van der Waals surface area contributed by atoms with Crippen molar-refractivity contribution in [2.24, 2.45) is 0 Å². The van der Waals surface area contributed by atoms with Gasteiger partial charge in [-0.05, 0) is 61.8 Å². The summed E-state index contributed by atoms with van der Waals surface area (Å²) in [6, 6.07) is 8.42. The van der Waals surface area contributed by atoms with Gasteiger partial charge in [-0.15, -0.1) is 6.42 Å². The number of hydrogen-bond acceptors (Lipinski definition) is 5. The van der Waals surface area contributed by atoms with Crippen LogP contribution in [0.2, 0.25) is 0 Å². The van der Waals surface area contributed by atoms with Gasteiger partial charge in [0.15, 0.2) is 5.82 Å². The summed E-state index contributed by atoms with van der Waals surface area (Å²) in [4.78, 5) is 14.0. The SMILES string of the molecule is C#Cc1ccc(-c2nc(CN3CCC(c4ncc(-c5ccc(C(F)(F)F)cc5)[nH]4)CC3)no2)cc1C(F)(F)F. The molecule has 6 nitrogen and oxygen atoms in total. The number of imidazole rings is 1. The van der Waals surface area contributed by atoms with Gasteiger partial charge < -0.3 is 9.51 Å². The first-order valence-corrected chi connectivity index (χ1v) is 12.0. The lowest BCUT2D eigenvalue weighted by atomic mass is 9.96. The Morgan fingerprint density at radius 1 is 0.974 bits per heavy atom. The van der Waals surface area contributed by atoms with Crippen LogP contribution in [0, 0.1) is 12.3 Å². The molecule has 1 fully saturated rings. The number of benzene rings is 2. The number of aromatic amines is 1. The van der Waals surface area contributed by atoms with Gasteiger partial charge in [-0.3, -0.25) is 4.90 Å². The summed E-state index contributed by atoms with van der Waals surface area (Å²) in [7, 11) is 0. The number of hydrogen-bond donors (Lipinski definition) is 1. The van der Waals surface area contributed by atoms with Crippen LogP contribution in [0.3, 0.4) is 0 Å². The van der Waals surface area contributed by atoms with Crippen LogP contribution in [0.25, 0.3) is 22.7 Å². The fraction of sp³-hybridized carbons (Fsp3) is 0.296. The van der Waals surface area contributed by atoms with E-state index in [1.807, 2.05) is 5.92 Å². The molecule has 0 amide bonds. The number of alkyl halides is 6. The van der Waals surface area contributed by atoms with Crippen molar-refractivity contribution in [1.82, 2.24) is 25.0 Å². The molecule has 2 aromatic heterocycles. The fourth-order valence-corrected chi connectivity index (χ4v) is 4.57.